The molecule has 0 heterocycles. The molecule has 0 atom stereocenters. The Morgan fingerprint density at radius 3 is 1.15 bits per heavy atom. The zero-order chi connectivity index (χ0) is 21.9. The van der Waals surface area contributed by atoms with Gasteiger partial charge in [0.05, 0.1) is 0 Å². The Kier molecular flexibility index (Phi) is 6.37. The normalized spacial score (nSPS) is 15.2. The van der Waals surface area contributed by atoms with Crippen LogP contribution in [-0.2, 0) is 5.92 Å². The number of alkyl halides is 13. The fraction of sp³-hybridized carbons (Fsp3) is 0.500. The first-order valence-electron chi connectivity index (χ1n) is 6.07. The summed E-state index contributed by atoms with van der Waals surface area (Å²) in [5.41, 5.74) is -1.98. The molecule has 0 aliphatic rings. The third-order valence-corrected chi connectivity index (χ3v) is 4.40. The lowest BCUT2D eigenvalue weighted by atomic mass is 9.90. The van der Waals surface area contributed by atoms with Crippen LogP contribution in [0.4, 0.5) is 57.1 Å². The second kappa shape index (κ2) is 6.93. The maximum absolute atomic E-state index is 13.9. The molecule has 0 fully saturated rings. The van der Waals surface area contributed by atoms with Gasteiger partial charge in [-0.05, 0) is 63.4 Å². The molecule has 0 nitrogen and oxygen atoms in total. The van der Waals surface area contributed by atoms with Crippen molar-refractivity contribution in [2.75, 3.05) is 0 Å². The van der Waals surface area contributed by atoms with Gasteiger partial charge in [-0.2, -0.15) is 57.1 Å². The molecular formula is C12H3F13I2. The van der Waals surface area contributed by atoms with E-state index in [0.717, 1.165) is 6.07 Å². The van der Waals surface area contributed by atoms with E-state index in [2.05, 4.69) is 0 Å². The number of halogens is 15. The molecule has 1 aromatic rings. The average molecular weight is 648 g/mol. The van der Waals surface area contributed by atoms with E-state index in [1.165, 1.54) is 45.2 Å². The van der Waals surface area contributed by atoms with E-state index in [0.29, 0.717) is 0 Å². The van der Waals surface area contributed by atoms with Crippen molar-refractivity contribution in [1.82, 2.24) is 0 Å². The lowest BCUT2D eigenvalue weighted by molar-refractivity contribution is -0.441. The van der Waals surface area contributed by atoms with Gasteiger partial charge in [-0.1, -0.05) is 0 Å². The molecule has 1 aromatic carbocycles. The van der Waals surface area contributed by atoms with Crippen molar-refractivity contribution in [2.45, 2.75) is 35.8 Å². The Morgan fingerprint density at radius 2 is 0.815 bits per heavy atom. The van der Waals surface area contributed by atoms with Crippen molar-refractivity contribution in [1.29, 1.82) is 0 Å². The van der Waals surface area contributed by atoms with E-state index in [1.54, 1.807) is 0 Å². The van der Waals surface area contributed by atoms with Gasteiger partial charge in [-0.15, -0.1) is 0 Å². The van der Waals surface area contributed by atoms with E-state index >= 15 is 0 Å². The lowest BCUT2D eigenvalue weighted by Gasteiger charge is -2.39. The molecule has 0 bridgehead atoms. The van der Waals surface area contributed by atoms with Crippen LogP contribution in [0.5, 0.6) is 0 Å². The van der Waals surface area contributed by atoms with Gasteiger partial charge in [0.1, 0.15) is 0 Å². The summed E-state index contributed by atoms with van der Waals surface area (Å²) in [6, 6.07) is 1.39. The first-order chi connectivity index (χ1) is 11.6. The van der Waals surface area contributed by atoms with E-state index in [4.69, 9.17) is 0 Å². The molecule has 0 N–H and O–H groups in total. The van der Waals surface area contributed by atoms with Crippen molar-refractivity contribution in [2.24, 2.45) is 0 Å². The van der Waals surface area contributed by atoms with Crippen molar-refractivity contribution >= 4 is 45.2 Å². The van der Waals surface area contributed by atoms with E-state index in [1.807, 2.05) is 0 Å². The van der Waals surface area contributed by atoms with Gasteiger partial charge in [-0.3, -0.25) is 0 Å². The van der Waals surface area contributed by atoms with Crippen LogP contribution in [0.2, 0.25) is 0 Å². The Morgan fingerprint density at radius 1 is 0.481 bits per heavy atom. The van der Waals surface area contributed by atoms with Crippen molar-refractivity contribution in [3.05, 3.63) is 30.9 Å². The summed E-state index contributed by atoms with van der Waals surface area (Å²) in [5.74, 6) is -36.9. The summed E-state index contributed by atoms with van der Waals surface area (Å²) in [4.78, 5) is 0. The molecule has 15 heteroatoms. The predicted molar refractivity (Wildman–Crippen MR) is 81.6 cm³/mol. The molecule has 0 aliphatic carbocycles. The van der Waals surface area contributed by atoms with Gasteiger partial charge in [0.2, 0.25) is 0 Å². The van der Waals surface area contributed by atoms with Crippen LogP contribution >= 0.6 is 45.2 Å². The summed E-state index contributed by atoms with van der Waals surface area (Å²) in [6.45, 7) is 0. The van der Waals surface area contributed by atoms with Crippen LogP contribution in [0.25, 0.3) is 0 Å². The second-order valence-corrected chi connectivity index (χ2v) is 7.52. The Hall–Kier alpha value is -0.230. The van der Waals surface area contributed by atoms with Gasteiger partial charge in [0.25, 0.3) is 0 Å². The average Bonchev–Trinajstić information content (AvgIpc) is 2.44. The third-order valence-electron chi connectivity index (χ3n) is 3.16. The van der Waals surface area contributed by atoms with E-state index in [-0.39, 0.29) is 19.3 Å². The first kappa shape index (κ1) is 24.8. The van der Waals surface area contributed by atoms with Gasteiger partial charge in [0, 0.05) is 12.7 Å². The minimum absolute atomic E-state index is 0.159. The Balaban J connectivity index is 3.63. The molecule has 0 radical (unpaired) electrons. The monoisotopic (exact) mass is 648 g/mol. The number of hydrogen-bond donors (Lipinski definition) is 0. The zero-order valence-corrected chi connectivity index (χ0v) is 16.2. The maximum Gasteiger partial charge on any atom is 0.460 e. The number of benzene rings is 1. The van der Waals surface area contributed by atoms with Crippen LogP contribution in [0.15, 0.2) is 18.2 Å². The molecule has 27 heavy (non-hydrogen) atoms. The number of hydrogen-bond acceptors (Lipinski definition) is 0. The summed E-state index contributed by atoms with van der Waals surface area (Å²) in [7, 11) is 0. The van der Waals surface area contributed by atoms with Crippen LogP contribution in [0, 0.1) is 7.14 Å². The molecule has 156 valence electrons. The molecular weight excluding hydrogens is 645 g/mol. The highest BCUT2D eigenvalue weighted by molar-refractivity contribution is 14.1. The minimum atomic E-state index is -7.89. The summed E-state index contributed by atoms with van der Waals surface area (Å²) in [5, 5.41) is 0. The maximum atomic E-state index is 13.9. The summed E-state index contributed by atoms with van der Waals surface area (Å²) < 4.78 is 169. The predicted octanol–water partition coefficient (Wildman–Crippen LogP) is 7.09. The fourth-order valence-electron chi connectivity index (χ4n) is 1.69. The molecule has 0 saturated carbocycles. The van der Waals surface area contributed by atoms with Crippen molar-refractivity contribution in [3.8, 4) is 0 Å². The van der Waals surface area contributed by atoms with Gasteiger partial charge >= 0.3 is 35.8 Å². The van der Waals surface area contributed by atoms with Crippen LogP contribution in [-0.4, -0.2) is 29.9 Å². The van der Waals surface area contributed by atoms with Gasteiger partial charge in [-0.25, -0.2) is 0 Å². The van der Waals surface area contributed by atoms with Crippen molar-refractivity contribution in [3.63, 3.8) is 0 Å². The van der Waals surface area contributed by atoms with Crippen LogP contribution in [0.3, 0.4) is 0 Å². The summed E-state index contributed by atoms with van der Waals surface area (Å²) >= 11 is 2.54. The zero-order valence-electron chi connectivity index (χ0n) is 11.9. The highest BCUT2D eigenvalue weighted by Crippen LogP contribution is 2.62. The first-order valence-corrected chi connectivity index (χ1v) is 8.22. The molecule has 0 saturated heterocycles. The second-order valence-electron chi connectivity index (χ2n) is 5.03. The van der Waals surface area contributed by atoms with Gasteiger partial charge < -0.3 is 0 Å². The van der Waals surface area contributed by atoms with Crippen molar-refractivity contribution < 1.29 is 57.1 Å². The molecule has 0 aliphatic heterocycles. The topological polar surface area (TPSA) is 0 Å². The standard InChI is InChI=1S/C12H3F13I2/c13-7(14,4-1-5(26)3-6(27)2-4)8(15,16)9(17,18)10(19,20)11(21,22)12(23,24)25/h1-3H. The smallest absolute Gasteiger partial charge is 0.194 e. The molecule has 0 amide bonds. The molecule has 0 unspecified atom stereocenters. The number of rotatable bonds is 5. The Bertz CT molecular complexity index is 687. The summed E-state index contributed by atoms with van der Waals surface area (Å²) in [6.07, 6.45) is -7.41. The fourth-order valence-corrected chi connectivity index (χ4v) is 3.62. The SMILES string of the molecule is FC(F)(F)C(F)(F)C(F)(F)C(F)(F)C(F)(F)C(F)(F)c1cc(I)cc(I)c1. The molecule has 0 spiro atoms. The third kappa shape index (κ3) is 3.70. The lowest BCUT2D eigenvalue weighted by Crippen LogP contribution is -2.69. The van der Waals surface area contributed by atoms with Gasteiger partial charge in [0.15, 0.2) is 0 Å². The largest absolute Gasteiger partial charge is 0.460 e. The molecule has 1 rings (SSSR count). The quantitative estimate of drug-likeness (QED) is 0.237. The van der Waals surface area contributed by atoms with Crippen LogP contribution in [0.1, 0.15) is 5.56 Å². The highest BCUT2D eigenvalue weighted by Gasteiger charge is 2.90. The van der Waals surface area contributed by atoms with Crippen LogP contribution < -0.4 is 0 Å². The highest BCUT2D eigenvalue weighted by atomic mass is 127. The van der Waals surface area contributed by atoms with E-state index in [9.17, 15) is 57.1 Å². The Labute approximate surface area is 168 Å². The molecule has 0 aromatic heterocycles. The van der Waals surface area contributed by atoms with E-state index < -0.39 is 41.4 Å². The minimum Gasteiger partial charge on any atom is -0.194 e.